The fourth-order valence-corrected chi connectivity index (χ4v) is 2.47. The molecule has 1 aromatic heterocycles. The third kappa shape index (κ3) is 9.05. The number of hydrogen-bond acceptors (Lipinski definition) is 5. The van der Waals surface area contributed by atoms with E-state index in [1.54, 1.807) is 12.4 Å². The number of carbonyl (C=O) groups excluding carboxylic acids is 2. The molecule has 0 aliphatic heterocycles. The Hall–Kier alpha value is -2.61. The predicted molar refractivity (Wildman–Crippen MR) is 104 cm³/mol. The van der Waals surface area contributed by atoms with Gasteiger partial charge in [-0.1, -0.05) is 30.3 Å². The SMILES string of the molecule is O=C(CCCOc1cncc(Br)c1)NCCNC(=O)OCc1ccccc1. The van der Waals surface area contributed by atoms with Gasteiger partial charge >= 0.3 is 6.09 Å². The lowest BCUT2D eigenvalue weighted by atomic mass is 10.2. The van der Waals surface area contributed by atoms with Gasteiger partial charge in [0.25, 0.3) is 0 Å². The van der Waals surface area contributed by atoms with Crippen molar-refractivity contribution in [3.05, 3.63) is 58.8 Å². The van der Waals surface area contributed by atoms with Gasteiger partial charge in [-0.3, -0.25) is 9.78 Å². The maximum absolute atomic E-state index is 11.7. The zero-order valence-electron chi connectivity index (χ0n) is 14.8. The van der Waals surface area contributed by atoms with Crippen LogP contribution >= 0.6 is 15.9 Å². The highest BCUT2D eigenvalue weighted by atomic mass is 79.9. The average molecular weight is 436 g/mol. The van der Waals surface area contributed by atoms with Gasteiger partial charge in [-0.05, 0) is 34.0 Å². The van der Waals surface area contributed by atoms with E-state index in [-0.39, 0.29) is 12.5 Å². The Morgan fingerprint density at radius 1 is 1.07 bits per heavy atom. The number of hydrogen-bond donors (Lipinski definition) is 2. The van der Waals surface area contributed by atoms with E-state index in [0.717, 1.165) is 10.0 Å². The zero-order valence-corrected chi connectivity index (χ0v) is 16.4. The molecular weight excluding hydrogens is 414 g/mol. The summed E-state index contributed by atoms with van der Waals surface area (Å²) < 4.78 is 11.4. The lowest BCUT2D eigenvalue weighted by molar-refractivity contribution is -0.121. The molecule has 0 saturated carbocycles. The third-order valence-electron chi connectivity index (χ3n) is 3.43. The molecule has 0 atom stereocenters. The number of amides is 2. The van der Waals surface area contributed by atoms with Crippen LogP contribution in [0, 0.1) is 0 Å². The van der Waals surface area contributed by atoms with Gasteiger partial charge in [-0.2, -0.15) is 0 Å². The molecule has 0 aliphatic rings. The Morgan fingerprint density at radius 3 is 2.63 bits per heavy atom. The summed E-state index contributed by atoms with van der Waals surface area (Å²) >= 11 is 3.32. The van der Waals surface area contributed by atoms with E-state index < -0.39 is 6.09 Å². The molecule has 8 heteroatoms. The molecule has 7 nitrogen and oxygen atoms in total. The number of rotatable bonds is 10. The van der Waals surface area contributed by atoms with Crippen molar-refractivity contribution >= 4 is 27.9 Å². The highest BCUT2D eigenvalue weighted by Crippen LogP contribution is 2.15. The van der Waals surface area contributed by atoms with Crippen molar-refractivity contribution in [1.29, 1.82) is 0 Å². The summed E-state index contributed by atoms with van der Waals surface area (Å²) in [6, 6.07) is 11.2. The first-order valence-electron chi connectivity index (χ1n) is 8.58. The summed E-state index contributed by atoms with van der Waals surface area (Å²) in [5.74, 6) is 0.563. The minimum atomic E-state index is -0.510. The molecule has 27 heavy (non-hydrogen) atoms. The summed E-state index contributed by atoms with van der Waals surface area (Å²) in [6.45, 7) is 1.29. The van der Waals surface area contributed by atoms with Crippen molar-refractivity contribution in [2.24, 2.45) is 0 Å². The van der Waals surface area contributed by atoms with Crippen LogP contribution in [0.5, 0.6) is 5.75 Å². The van der Waals surface area contributed by atoms with Crippen molar-refractivity contribution in [2.75, 3.05) is 19.7 Å². The van der Waals surface area contributed by atoms with Gasteiger partial charge in [0.05, 0.1) is 12.8 Å². The summed E-state index contributed by atoms with van der Waals surface area (Å²) in [5.41, 5.74) is 0.918. The van der Waals surface area contributed by atoms with Gasteiger partial charge in [0.15, 0.2) is 0 Å². The van der Waals surface area contributed by atoms with Crippen LogP contribution in [-0.4, -0.2) is 36.7 Å². The number of nitrogens with zero attached hydrogens (tertiary/aromatic N) is 1. The number of aromatic nitrogens is 1. The van der Waals surface area contributed by atoms with Crippen molar-refractivity contribution in [1.82, 2.24) is 15.6 Å². The van der Waals surface area contributed by atoms with Gasteiger partial charge in [0.2, 0.25) is 5.91 Å². The molecule has 1 aromatic carbocycles. The standard InChI is InChI=1S/C19H22BrN3O4/c20-16-11-17(13-21-12-16)26-10-4-7-18(24)22-8-9-23-19(25)27-14-15-5-2-1-3-6-15/h1-3,5-6,11-13H,4,7-10,14H2,(H,22,24)(H,23,25). The number of benzene rings is 1. The second kappa shape index (κ2) is 11.9. The monoisotopic (exact) mass is 435 g/mol. The maximum Gasteiger partial charge on any atom is 0.407 e. The molecular formula is C19H22BrN3O4. The fourth-order valence-electron chi connectivity index (χ4n) is 2.12. The van der Waals surface area contributed by atoms with Crippen LogP contribution in [0.25, 0.3) is 0 Å². The van der Waals surface area contributed by atoms with Gasteiger partial charge in [0.1, 0.15) is 12.4 Å². The van der Waals surface area contributed by atoms with Crippen LogP contribution in [0.1, 0.15) is 18.4 Å². The average Bonchev–Trinajstić information content (AvgIpc) is 2.68. The van der Waals surface area contributed by atoms with Crippen LogP contribution in [-0.2, 0) is 16.1 Å². The Kier molecular flexibility index (Phi) is 9.12. The van der Waals surface area contributed by atoms with Crippen molar-refractivity contribution in [2.45, 2.75) is 19.4 Å². The molecule has 0 saturated heterocycles. The Morgan fingerprint density at radius 2 is 1.85 bits per heavy atom. The van der Waals surface area contributed by atoms with Gasteiger partial charge in [-0.25, -0.2) is 4.79 Å². The number of ether oxygens (including phenoxy) is 2. The Bertz CT molecular complexity index is 728. The van der Waals surface area contributed by atoms with Crippen LogP contribution in [0.2, 0.25) is 0 Å². The molecule has 0 bridgehead atoms. The molecule has 2 aromatic rings. The fraction of sp³-hybridized carbons (Fsp3) is 0.316. The Labute approximate surface area is 166 Å². The van der Waals surface area contributed by atoms with Crippen LogP contribution < -0.4 is 15.4 Å². The largest absolute Gasteiger partial charge is 0.492 e. The van der Waals surface area contributed by atoms with E-state index in [9.17, 15) is 9.59 Å². The van der Waals surface area contributed by atoms with E-state index in [4.69, 9.17) is 9.47 Å². The van der Waals surface area contributed by atoms with Crippen molar-refractivity contribution in [3.8, 4) is 5.75 Å². The first kappa shape index (κ1) is 20.7. The predicted octanol–water partition coefficient (Wildman–Crippen LogP) is 3.05. The van der Waals surface area contributed by atoms with Gasteiger partial charge in [0, 0.05) is 30.2 Å². The van der Waals surface area contributed by atoms with Crippen molar-refractivity contribution in [3.63, 3.8) is 0 Å². The molecule has 0 unspecified atom stereocenters. The number of halogens is 1. The molecule has 0 fully saturated rings. The lowest BCUT2D eigenvalue weighted by Crippen LogP contribution is -2.34. The van der Waals surface area contributed by atoms with E-state index >= 15 is 0 Å². The molecule has 2 rings (SSSR count). The van der Waals surface area contributed by atoms with Crippen LogP contribution in [0.15, 0.2) is 53.3 Å². The molecule has 2 N–H and O–H groups in total. The second-order valence-electron chi connectivity index (χ2n) is 5.63. The molecule has 0 radical (unpaired) electrons. The van der Waals surface area contributed by atoms with Gasteiger partial charge < -0.3 is 20.1 Å². The maximum atomic E-state index is 11.7. The first-order valence-corrected chi connectivity index (χ1v) is 9.37. The summed E-state index contributed by atoms with van der Waals surface area (Å²) in [5, 5.41) is 5.33. The number of alkyl carbamates (subject to hydrolysis) is 1. The molecule has 0 spiro atoms. The molecule has 0 aliphatic carbocycles. The normalized spacial score (nSPS) is 10.1. The van der Waals surface area contributed by atoms with Crippen molar-refractivity contribution < 1.29 is 19.1 Å². The number of carbonyl (C=O) groups is 2. The third-order valence-corrected chi connectivity index (χ3v) is 3.86. The Balaban J connectivity index is 1.47. The molecule has 1 heterocycles. The van der Waals surface area contributed by atoms with E-state index in [1.165, 1.54) is 0 Å². The summed E-state index contributed by atoms with van der Waals surface area (Å²) in [4.78, 5) is 27.3. The highest BCUT2D eigenvalue weighted by molar-refractivity contribution is 9.10. The van der Waals surface area contributed by atoms with Crippen LogP contribution in [0.4, 0.5) is 4.79 Å². The zero-order chi connectivity index (χ0) is 19.3. The lowest BCUT2D eigenvalue weighted by Gasteiger charge is -2.09. The quantitative estimate of drug-likeness (QED) is 0.559. The first-order chi connectivity index (χ1) is 13.1. The topological polar surface area (TPSA) is 89.5 Å². The van der Waals surface area contributed by atoms with Gasteiger partial charge in [-0.15, -0.1) is 0 Å². The van der Waals surface area contributed by atoms with E-state index in [1.807, 2.05) is 36.4 Å². The summed E-state index contributed by atoms with van der Waals surface area (Å²) in [6.07, 6.45) is 3.72. The highest BCUT2D eigenvalue weighted by Gasteiger charge is 2.04. The minimum absolute atomic E-state index is 0.0922. The van der Waals surface area contributed by atoms with E-state index in [0.29, 0.717) is 38.3 Å². The van der Waals surface area contributed by atoms with E-state index in [2.05, 4.69) is 31.5 Å². The van der Waals surface area contributed by atoms with Crippen LogP contribution in [0.3, 0.4) is 0 Å². The smallest absolute Gasteiger partial charge is 0.407 e. The summed E-state index contributed by atoms with van der Waals surface area (Å²) in [7, 11) is 0. The molecule has 2 amide bonds. The minimum Gasteiger partial charge on any atom is -0.492 e. The molecule has 144 valence electrons. The number of nitrogens with one attached hydrogen (secondary N) is 2. The second-order valence-corrected chi connectivity index (χ2v) is 6.55. The number of pyridine rings is 1.